The first kappa shape index (κ1) is 25.0. The number of ether oxygens (including phenoxy) is 3. The number of nitrogens with zero attached hydrogens (tertiary/aromatic N) is 2. The maximum Gasteiger partial charge on any atom is 0.338 e. The summed E-state index contributed by atoms with van der Waals surface area (Å²) in [6.07, 6.45) is 0. The van der Waals surface area contributed by atoms with E-state index in [9.17, 15) is 32.5 Å². The van der Waals surface area contributed by atoms with E-state index >= 15 is 0 Å². The number of halogens is 1. The Morgan fingerprint density at radius 2 is 1.91 bits per heavy atom. The molecule has 34 heavy (non-hydrogen) atoms. The number of nitro groups is 1. The van der Waals surface area contributed by atoms with Crippen molar-refractivity contribution in [3.8, 4) is 5.75 Å². The summed E-state index contributed by atoms with van der Waals surface area (Å²) in [4.78, 5) is 33.8. The number of rotatable bonds is 8. The molecule has 1 N–H and O–H groups in total. The molecule has 1 heterocycles. The summed E-state index contributed by atoms with van der Waals surface area (Å²) in [7, 11) is -2.62. The van der Waals surface area contributed by atoms with Crippen molar-refractivity contribution < 1.29 is 41.5 Å². The first-order valence-electron chi connectivity index (χ1n) is 9.80. The van der Waals surface area contributed by atoms with Gasteiger partial charge in [0.15, 0.2) is 6.61 Å². The largest absolute Gasteiger partial charge is 0.495 e. The number of methoxy groups -OCH3 is 1. The van der Waals surface area contributed by atoms with Crippen LogP contribution in [0, 0.1) is 15.9 Å². The Bertz CT molecular complexity index is 1210. The summed E-state index contributed by atoms with van der Waals surface area (Å²) in [5, 5.41) is 13.1. The van der Waals surface area contributed by atoms with Crippen molar-refractivity contribution in [1.29, 1.82) is 0 Å². The molecule has 182 valence electrons. The number of amides is 1. The fraction of sp³-hybridized carbons (Fsp3) is 0.300. The number of sulfonamides is 1. The van der Waals surface area contributed by atoms with E-state index in [0.717, 1.165) is 12.1 Å². The van der Waals surface area contributed by atoms with Gasteiger partial charge in [0.25, 0.3) is 5.91 Å². The summed E-state index contributed by atoms with van der Waals surface area (Å²) >= 11 is 0. The van der Waals surface area contributed by atoms with E-state index in [4.69, 9.17) is 14.2 Å². The molecule has 14 heteroatoms. The molecule has 0 unspecified atom stereocenters. The first-order valence-corrected chi connectivity index (χ1v) is 11.2. The highest BCUT2D eigenvalue weighted by Gasteiger charge is 2.29. The highest BCUT2D eigenvalue weighted by atomic mass is 32.2. The second-order valence-corrected chi connectivity index (χ2v) is 8.84. The van der Waals surface area contributed by atoms with E-state index < -0.39 is 44.9 Å². The smallest absolute Gasteiger partial charge is 0.338 e. The van der Waals surface area contributed by atoms with Gasteiger partial charge in [0, 0.05) is 24.8 Å². The van der Waals surface area contributed by atoms with Gasteiger partial charge in [-0.15, -0.1) is 0 Å². The third kappa shape index (κ3) is 5.65. The third-order valence-electron chi connectivity index (χ3n) is 4.75. The van der Waals surface area contributed by atoms with Crippen LogP contribution in [-0.2, 0) is 24.3 Å². The van der Waals surface area contributed by atoms with Gasteiger partial charge in [-0.3, -0.25) is 14.9 Å². The lowest BCUT2D eigenvalue weighted by atomic mass is 10.2. The van der Waals surface area contributed by atoms with Gasteiger partial charge in [-0.05, 0) is 30.3 Å². The fourth-order valence-electron chi connectivity index (χ4n) is 3.08. The van der Waals surface area contributed by atoms with Crippen LogP contribution < -0.4 is 10.1 Å². The molecule has 3 rings (SSSR count). The zero-order valence-electron chi connectivity index (χ0n) is 17.9. The molecule has 1 aliphatic heterocycles. The minimum absolute atomic E-state index is 0.0797. The van der Waals surface area contributed by atoms with Crippen molar-refractivity contribution in [3.05, 3.63) is 57.9 Å². The maximum absolute atomic E-state index is 13.7. The molecule has 0 spiro atoms. The zero-order chi connectivity index (χ0) is 24.9. The van der Waals surface area contributed by atoms with E-state index in [1.165, 1.54) is 29.6 Å². The monoisotopic (exact) mass is 497 g/mol. The Morgan fingerprint density at radius 1 is 1.21 bits per heavy atom. The molecular weight excluding hydrogens is 477 g/mol. The molecule has 0 radical (unpaired) electrons. The summed E-state index contributed by atoms with van der Waals surface area (Å²) < 4.78 is 56.1. The minimum atomic E-state index is -3.93. The number of morpholine rings is 1. The van der Waals surface area contributed by atoms with E-state index in [2.05, 4.69) is 5.32 Å². The average Bonchev–Trinajstić information content (AvgIpc) is 2.82. The second-order valence-electron chi connectivity index (χ2n) is 6.93. The Labute approximate surface area is 193 Å². The topological polar surface area (TPSA) is 154 Å². The van der Waals surface area contributed by atoms with Gasteiger partial charge in [0.1, 0.15) is 10.6 Å². The number of carbonyl (C=O) groups excluding carboxylic acids is 2. The Balaban J connectivity index is 1.68. The van der Waals surface area contributed by atoms with Crippen molar-refractivity contribution in [3.63, 3.8) is 0 Å². The molecule has 0 bridgehead atoms. The molecule has 0 aromatic heterocycles. The number of anilines is 1. The summed E-state index contributed by atoms with van der Waals surface area (Å²) in [5.74, 6) is -3.02. The molecule has 0 aliphatic carbocycles. The van der Waals surface area contributed by atoms with Gasteiger partial charge in [-0.25, -0.2) is 13.2 Å². The number of hydrogen-bond donors (Lipinski definition) is 1. The maximum atomic E-state index is 13.7. The number of nitrogens with one attached hydrogen (secondary N) is 1. The quantitative estimate of drug-likeness (QED) is 0.325. The fourth-order valence-corrected chi connectivity index (χ4v) is 4.66. The summed E-state index contributed by atoms with van der Waals surface area (Å²) in [6.45, 7) is 0.0710. The van der Waals surface area contributed by atoms with Crippen LogP contribution in [0.2, 0.25) is 0 Å². The highest BCUT2D eigenvalue weighted by molar-refractivity contribution is 7.89. The minimum Gasteiger partial charge on any atom is -0.495 e. The van der Waals surface area contributed by atoms with Crippen LogP contribution in [-0.4, -0.2) is 69.5 Å². The normalized spacial score (nSPS) is 14.3. The summed E-state index contributed by atoms with van der Waals surface area (Å²) in [5.41, 5.74) is -1.02. The molecule has 0 saturated carbocycles. The van der Waals surface area contributed by atoms with E-state index in [1.54, 1.807) is 0 Å². The SMILES string of the molecule is COc1ccc(NC(=O)COC(=O)c2ccc([N+](=O)[O-])c(F)c2)cc1S(=O)(=O)N1CCOCC1. The number of benzene rings is 2. The number of carbonyl (C=O) groups is 2. The lowest BCUT2D eigenvalue weighted by Gasteiger charge is -2.26. The number of esters is 1. The van der Waals surface area contributed by atoms with Gasteiger partial charge in [0.2, 0.25) is 15.8 Å². The van der Waals surface area contributed by atoms with Gasteiger partial charge >= 0.3 is 11.7 Å². The van der Waals surface area contributed by atoms with Crippen molar-refractivity contribution >= 4 is 33.3 Å². The van der Waals surface area contributed by atoms with Gasteiger partial charge in [0.05, 0.1) is 30.8 Å². The van der Waals surface area contributed by atoms with E-state index in [0.29, 0.717) is 6.07 Å². The first-order chi connectivity index (χ1) is 16.1. The molecule has 1 aliphatic rings. The van der Waals surface area contributed by atoms with Gasteiger partial charge in [-0.1, -0.05) is 0 Å². The van der Waals surface area contributed by atoms with Crippen LogP contribution in [0.4, 0.5) is 15.8 Å². The molecular formula is C20H20FN3O9S. The molecule has 2 aromatic rings. The predicted molar refractivity (Wildman–Crippen MR) is 115 cm³/mol. The lowest BCUT2D eigenvalue weighted by Crippen LogP contribution is -2.40. The average molecular weight is 497 g/mol. The Hall–Kier alpha value is -3.62. The molecule has 1 amide bonds. The van der Waals surface area contributed by atoms with Crippen LogP contribution >= 0.6 is 0 Å². The predicted octanol–water partition coefficient (Wildman–Crippen LogP) is 1.56. The molecule has 1 fully saturated rings. The highest BCUT2D eigenvalue weighted by Crippen LogP contribution is 2.30. The van der Waals surface area contributed by atoms with Crippen LogP contribution in [0.15, 0.2) is 41.3 Å². The number of nitro benzene ring substituents is 1. The summed E-state index contributed by atoms with van der Waals surface area (Å²) in [6, 6.07) is 6.42. The molecule has 12 nitrogen and oxygen atoms in total. The molecule has 0 atom stereocenters. The molecule has 2 aromatic carbocycles. The van der Waals surface area contributed by atoms with Crippen LogP contribution in [0.5, 0.6) is 5.75 Å². The van der Waals surface area contributed by atoms with Gasteiger partial charge < -0.3 is 19.5 Å². The second kappa shape index (κ2) is 10.5. The molecule has 1 saturated heterocycles. The number of hydrogen-bond acceptors (Lipinski definition) is 9. The van der Waals surface area contributed by atoms with Crippen molar-refractivity contribution in [2.24, 2.45) is 0 Å². The Kier molecular flexibility index (Phi) is 7.75. The van der Waals surface area contributed by atoms with Gasteiger partial charge in [-0.2, -0.15) is 8.70 Å². The van der Waals surface area contributed by atoms with Crippen LogP contribution in [0.3, 0.4) is 0 Å². The Morgan fingerprint density at radius 3 is 2.53 bits per heavy atom. The van der Waals surface area contributed by atoms with E-state index in [-0.39, 0.29) is 48.2 Å². The zero-order valence-corrected chi connectivity index (χ0v) is 18.7. The van der Waals surface area contributed by atoms with Crippen molar-refractivity contribution in [2.75, 3.05) is 45.3 Å². The van der Waals surface area contributed by atoms with Crippen LogP contribution in [0.25, 0.3) is 0 Å². The lowest BCUT2D eigenvalue weighted by molar-refractivity contribution is -0.387. The van der Waals surface area contributed by atoms with Crippen LogP contribution in [0.1, 0.15) is 10.4 Å². The van der Waals surface area contributed by atoms with E-state index in [1.807, 2.05) is 0 Å². The van der Waals surface area contributed by atoms with Crippen molar-refractivity contribution in [1.82, 2.24) is 4.31 Å². The third-order valence-corrected chi connectivity index (χ3v) is 6.67. The standard InChI is InChI=1S/C20H20FN3O9S/c1-31-17-5-3-14(11-18(17)34(29,30)23-6-8-32-9-7-23)22-19(25)12-33-20(26)13-2-4-16(24(27)28)15(21)10-13/h2-5,10-11H,6-9,12H2,1H3,(H,22,25). The van der Waals surface area contributed by atoms with Crippen molar-refractivity contribution in [2.45, 2.75) is 4.90 Å².